The van der Waals surface area contributed by atoms with E-state index in [1.165, 1.54) is 0 Å². The SMILES string of the molecule is CCOC(=O)c1noc(CC(C)(CC)CC#N)n1. The van der Waals surface area contributed by atoms with Crippen molar-refractivity contribution in [3.05, 3.63) is 11.7 Å². The molecule has 0 aromatic carbocycles. The van der Waals surface area contributed by atoms with E-state index in [1.54, 1.807) is 6.92 Å². The Morgan fingerprint density at radius 3 is 2.83 bits per heavy atom. The largest absolute Gasteiger partial charge is 0.460 e. The minimum Gasteiger partial charge on any atom is -0.460 e. The summed E-state index contributed by atoms with van der Waals surface area (Å²) in [5, 5.41) is 12.4. The molecule has 6 heteroatoms. The van der Waals surface area contributed by atoms with E-state index in [4.69, 9.17) is 14.5 Å². The lowest BCUT2D eigenvalue weighted by atomic mass is 9.81. The average molecular weight is 251 g/mol. The molecular formula is C12H17N3O3. The monoisotopic (exact) mass is 251 g/mol. The molecule has 0 aliphatic rings. The molecular weight excluding hydrogens is 234 g/mol. The number of nitriles is 1. The quantitative estimate of drug-likeness (QED) is 0.719. The van der Waals surface area contributed by atoms with Gasteiger partial charge in [0.05, 0.1) is 12.7 Å². The highest BCUT2D eigenvalue weighted by Crippen LogP contribution is 2.29. The molecule has 18 heavy (non-hydrogen) atoms. The third kappa shape index (κ3) is 3.55. The van der Waals surface area contributed by atoms with Crippen LogP contribution in [-0.2, 0) is 11.2 Å². The van der Waals surface area contributed by atoms with Gasteiger partial charge in [0.1, 0.15) is 0 Å². The molecule has 0 spiro atoms. The second-order valence-corrected chi connectivity index (χ2v) is 4.41. The standard InChI is InChI=1S/C12H17N3O3/c1-4-12(3,6-7-13)8-9-14-10(15-18-9)11(16)17-5-2/h4-6,8H2,1-3H3. The van der Waals surface area contributed by atoms with E-state index < -0.39 is 5.97 Å². The van der Waals surface area contributed by atoms with Gasteiger partial charge in [0.2, 0.25) is 5.89 Å². The van der Waals surface area contributed by atoms with Crippen LogP contribution < -0.4 is 0 Å². The molecule has 0 saturated carbocycles. The van der Waals surface area contributed by atoms with Crippen LogP contribution in [-0.4, -0.2) is 22.7 Å². The van der Waals surface area contributed by atoms with Crippen molar-refractivity contribution in [3.63, 3.8) is 0 Å². The van der Waals surface area contributed by atoms with E-state index in [1.807, 2.05) is 13.8 Å². The van der Waals surface area contributed by atoms with Gasteiger partial charge in [-0.1, -0.05) is 13.8 Å². The summed E-state index contributed by atoms with van der Waals surface area (Å²) in [6, 6.07) is 2.15. The molecule has 1 unspecified atom stereocenters. The van der Waals surface area contributed by atoms with Crippen LogP contribution in [0, 0.1) is 16.7 Å². The zero-order chi connectivity index (χ0) is 13.6. The van der Waals surface area contributed by atoms with Crippen molar-refractivity contribution in [2.45, 2.75) is 40.0 Å². The maximum atomic E-state index is 11.4. The Balaban J connectivity index is 2.75. The van der Waals surface area contributed by atoms with Crippen LogP contribution in [0.3, 0.4) is 0 Å². The van der Waals surface area contributed by atoms with Crippen molar-refractivity contribution in [2.24, 2.45) is 5.41 Å². The lowest BCUT2D eigenvalue weighted by Gasteiger charge is -2.22. The second kappa shape index (κ2) is 6.15. The van der Waals surface area contributed by atoms with Gasteiger partial charge in [0, 0.05) is 12.8 Å². The van der Waals surface area contributed by atoms with Crippen LogP contribution in [0.25, 0.3) is 0 Å². The van der Waals surface area contributed by atoms with Gasteiger partial charge < -0.3 is 9.26 Å². The molecule has 0 bridgehead atoms. The lowest BCUT2D eigenvalue weighted by Crippen LogP contribution is -2.18. The summed E-state index contributed by atoms with van der Waals surface area (Å²) in [5.41, 5.74) is -0.215. The van der Waals surface area contributed by atoms with Gasteiger partial charge in [-0.25, -0.2) is 4.79 Å². The Labute approximate surface area is 106 Å². The normalized spacial score (nSPS) is 13.7. The third-order valence-electron chi connectivity index (χ3n) is 2.86. The van der Waals surface area contributed by atoms with Gasteiger partial charge in [-0.2, -0.15) is 10.2 Å². The molecule has 0 aliphatic heterocycles. The summed E-state index contributed by atoms with van der Waals surface area (Å²) in [4.78, 5) is 15.3. The van der Waals surface area contributed by atoms with Gasteiger partial charge in [-0.15, -0.1) is 0 Å². The number of carbonyl (C=O) groups excluding carboxylic acids is 1. The molecule has 0 fully saturated rings. The zero-order valence-electron chi connectivity index (χ0n) is 10.9. The first-order valence-corrected chi connectivity index (χ1v) is 5.91. The molecule has 98 valence electrons. The van der Waals surface area contributed by atoms with Gasteiger partial charge in [0.15, 0.2) is 0 Å². The first-order chi connectivity index (χ1) is 8.54. The van der Waals surface area contributed by atoms with E-state index in [-0.39, 0.29) is 17.8 Å². The number of carbonyl (C=O) groups is 1. The fourth-order valence-electron chi connectivity index (χ4n) is 1.47. The molecule has 0 saturated heterocycles. The summed E-state index contributed by atoms with van der Waals surface area (Å²) in [7, 11) is 0. The molecule has 0 aliphatic carbocycles. The molecule has 0 N–H and O–H groups in total. The molecule has 0 radical (unpaired) electrons. The first kappa shape index (κ1) is 14.2. The maximum Gasteiger partial charge on any atom is 0.379 e. The van der Waals surface area contributed by atoms with Crippen LogP contribution in [0.2, 0.25) is 0 Å². The fraction of sp³-hybridized carbons (Fsp3) is 0.667. The van der Waals surface area contributed by atoms with Crippen molar-refractivity contribution in [1.29, 1.82) is 5.26 Å². The highest BCUT2D eigenvalue weighted by Gasteiger charge is 2.26. The van der Waals surface area contributed by atoms with Gasteiger partial charge in [-0.05, 0) is 23.9 Å². The third-order valence-corrected chi connectivity index (χ3v) is 2.86. The predicted molar refractivity (Wildman–Crippen MR) is 62.6 cm³/mol. The minimum absolute atomic E-state index is 0.0674. The molecule has 1 rings (SSSR count). The molecule has 1 aromatic heterocycles. The number of esters is 1. The number of ether oxygens (including phenoxy) is 1. The van der Waals surface area contributed by atoms with E-state index in [2.05, 4.69) is 16.2 Å². The van der Waals surface area contributed by atoms with Crippen LogP contribution in [0.4, 0.5) is 0 Å². The molecule has 1 heterocycles. The number of nitrogens with zero attached hydrogens (tertiary/aromatic N) is 3. The average Bonchev–Trinajstić information content (AvgIpc) is 2.78. The fourth-order valence-corrected chi connectivity index (χ4v) is 1.47. The molecule has 1 atom stereocenters. The second-order valence-electron chi connectivity index (χ2n) is 4.41. The van der Waals surface area contributed by atoms with Crippen LogP contribution >= 0.6 is 0 Å². The number of hydrogen-bond donors (Lipinski definition) is 0. The van der Waals surface area contributed by atoms with E-state index in [0.29, 0.717) is 18.7 Å². The summed E-state index contributed by atoms with van der Waals surface area (Å²) in [5.74, 6) is -0.300. The van der Waals surface area contributed by atoms with Crippen LogP contribution in [0.15, 0.2) is 4.52 Å². The van der Waals surface area contributed by atoms with Gasteiger partial charge in [0.25, 0.3) is 5.82 Å². The predicted octanol–water partition coefficient (Wildman–Crippen LogP) is 2.12. The smallest absolute Gasteiger partial charge is 0.379 e. The molecule has 1 aromatic rings. The minimum atomic E-state index is -0.592. The summed E-state index contributed by atoms with van der Waals surface area (Å²) in [6.45, 7) is 5.95. The lowest BCUT2D eigenvalue weighted by molar-refractivity contribution is 0.0508. The van der Waals surface area contributed by atoms with Crippen molar-refractivity contribution in [1.82, 2.24) is 10.1 Å². The Morgan fingerprint density at radius 2 is 2.28 bits per heavy atom. The van der Waals surface area contributed by atoms with Crippen LogP contribution in [0.1, 0.15) is 50.1 Å². The van der Waals surface area contributed by atoms with Crippen LogP contribution in [0.5, 0.6) is 0 Å². The van der Waals surface area contributed by atoms with E-state index >= 15 is 0 Å². The summed E-state index contributed by atoms with van der Waals surface area (Å²) >= 11 is 0. The number of aromatic nitrogens is 2. The highest BCUT2D eigenvalue weighted by atomic mass is 16.5. The first-order valence-electron chi connectivity index (χ1n) is 5.91. The Bertz CT molecular complexity index is 450. The molecule has 0 amide bonds. The van der Waals surface area contributed by atoms with Crippen molar-refractivity contribution in [2.75, 3.05) is 6.61 Å². The number of hydrogen-bond acceptors (Lipinski definition) is 6. The maximum absolute atomic E-state index is 11.4. The number of rotatable bonds is 6. The van der Waals surface area contributed by atoms with E-state index in [0.717, 1.165) is 6.42 Å². The van der Waals surface area contributed by atoms with Crippen molar-refractivity contribution >= 4 is 5.97 Å². The van der Waals surface area contributed by atoms with Gasteiger partial charge >= 0.3 is 5.97 Å². The zero-order valence-corrected chi connectivity index (χ0v) is 10.9. The Morgan fingerprint density at radius 1 is 1.56 bits per heavy atom. The summed E-state index contributed by atoms with van der Waals surface area (Å²) < 4.78 is 9.77. The topological polar surface area (TPSA) is 89.0 Å². The molecule has 6 nitrogen and oxygen atoms in total. The highest BCUT2D eigenvalue weighted by molar-refractivity contribution is 5.84. The summed E-state index contributed by atoms with van der Waals surface area (Å²) in [6.07, 6.45) is 1.70. The van der Waals surface area contributed by atoms with Gasteiger partial charge in [-0.3, -0.25) is 0 Å². The van der Waals surface area contributed by atoms with Crippen molar-refractivity contribution in [3.8, 4) is 6.07 Å². The Kier molecular flexibility index (Phi) is 4.84. The van der Waals surface area contributed by atoms with Crippen molar-refractivity contribution < 1.29 is 14.1 Å². The van der Waals surface area contributed by atoms with E-state index in [9.17, 15) is 4.79 Å². The Hall–Kier alpha value is -1.90.